The van der Waals surface area contributed by atoms with Crippen LogP contribution in [0.3, 0.4) is 0 Å². The number of thiol groups is 1. The number of rotatable bonds is 11. The molecule has 5 heteroatoms. The van der Waals surface area contributed by atoms with Crippen molar-refractivity contribution in [2.24, 2.45) is 0 Å². The molecule has 0 amide bonds. The van der Waals surface area contributed by atoms with Crippen molar-refractivity contribution in [3.8, 4) is 5.75 Å². The Morgan fingerprint density at radius 1 is 0.905 bits per heavy atom. The average molecular weight is 331 g/mol. The van der Waals surface area contributed by atoms with Crippen molar-refractivity contribution in [3.05, 3.63) is 24.3 Å². The Balaban J connectivity index is 2.10. The highest BCUT2D eigenvalue weighted by molar-refractivity contribution is 7.90. The van der Waals surface area contributed by atoms with Gasteiger partial charge in [-0.05, 0) is 42.9 Å². The second-order valence-electron chi connectivity index (χ2n) is 5.29. The first-order valence-electron chi connectivity index (χ1n) is 7.58. The fourth-order valence-electron chi connectivity index (χ4n) is 2.07. The summed E-state index contributed by atoms with van der Waals surface area (Å²) in [5, 5.41) is 0. The highest BCUT2D eigenvalue weighted by Crippen LogP contribution is 2.16. The minimum Gasteiger partial charge on any atom is -0.494 e. The van der Waals surface area contributed by atoms with Crippen LogP contribution in [0, 0.1) is 0 Å². The van der Waals surface area contributed by atoms with Gasteiger partial charge in [0.2, 0.25) is 0 Å². The number of benzene rings is 1. The molecule has 0 unspecified atom stereocenters. The zero-order valence-corrected chi connectivity index (χ0v) is 14.5. The fourth-order valence-corrected chi connectivity index (χ4v) is 2.92. The van der Waals surface area contributed by atoms with Gasteiger partial charge in [0, 0.05) is 6.26 Å². The van der Waals surface area contributed by atoms with Crippen LogP contribution in [-0.4, -0.2) is 27.0 Å². The van der Waals surface area contributed by atoms with Gasteiger partial charge in [-0.2, -0.15) is 12.6 Å². The molecule has 0 radical (unpaired) electrons. The van der Waals surface area contributed by atoms with Crippen molar-refractivity contribution in [1.82, 2.24) is 0 Å². The predicted molar refractivity (Wildman–Crippen MR) is 91.2 cm³/mol. The summed E-state index contributed by atoms with van der Waals surface area (Å²) in [6, 6.07) is 6.61. The Bertz CT molecular complexity index is 481. The predicted octanol–water partition coefficient (Wildman–Crippen LogP) is 4.13. The molecule has 1 aromatic carbocycles. The van der Waals surface area contributed by atoms with Gasteiger partial charge >= 0.3 is 0 Å². The van der Waals surface area contributed by atoms with E-state index in [1.165, 1.54) is 44.8 Å². The SMILES string of the molecule is CS(=O)(=O)c1ccc(OCCCCCCCCCS)cc1. The Morgan fingerprint density at radius 3 is 1.95 bits per heavy atom. The van der Waals surface area contributed by atoms with E-state index in [1.54, 1.807) is 24.3 Å². The summed E-state index contributed by atoms with van der Waals surface area (Å²) < 4.78 is 28.3. The first-order chi connectivity index (χ1) is 10.0. The maximum absolute atomic E-state index is 11.3. The van der Waals surface area contributed by atoms with E-state index >= 15 is 0 Å². The molecule has 0 N–H and O–H groups in total. The molecule has 0 aromatic heterocycles. The van der Waals surface area contributed by atoms with Crippen LogP contribution >= 0.6 is 12.6 Å². The molecule has 0 aliphatic heterocycles. The molecule has 0 bridgehead atoms. The lowest BCUT2D eigenvalue weighted by molar-refractivity contribution is 0.304. The van der Waals surface area contributed by atoms with E-state index < -0.39 is 9.84 Å². The largest absolute Gasteiger partial charge is 0.494 e. The van der Waals surface area contributed by atoms with Crippen LogP contribution in [0.15, 0.2) is 29.2 Å². The molecule has 0 atom stereocenters. The Kier molecular flexibility index (Phi) is 8.85. The van der Waals surface area contributed by atoms with E-state index in [-0.39, 0.29) is 0 Å². The second kappa shape index (κ2) is 10.1. The van der Waals surface area contributed by atoms with Crippen LogP contribution in [0.25, 0.3) is 0 Å². The number of sulfone groups is 1. The third-order valence-electron chi connectivity index (χ3n) is 3.32. The van der Waals surface area contributed by atoms with Gasteiger partial charge in [0.25, 0.3) is 0 Å². The van der Waals surface area contributed by atoms with Crippen molar-refractivity contribution in [2.75, 3.05) is 18.6 Å². The molecule has 0 saturated heterocycles. The average Bonchev–Trinajstić information content (AvgIpc) is 2.45. The highest BCUT2D eigenvalue weighted by Gasteiger charge is 2.06. The molecule has 1 aromatic rings. The monoisotopic (exact) mass is 330 g/mol. The number of unbranched alkanes of at least 4 members (excludes halogenated alkanes) is 6. The molecule has 0 saturated carbocycles. The number of hydrogen-bond acceptors (Lipinski definition) is 4. The fraction of sp³-hybridized carbons (Fsp3) is 0.625. The molecule has 1 rings (SSSR count). The normalized spacial score (nSPS) is 11.5. The van der Waals surface area contributed by atoms with Crippen molar-refractivity contribution in [2.45, 2.75) is 49.8 Å². The molecule has 0 spiro atoms. The minimum absolute atomic E-state index is 0.330. The molecule has 0 fully saturated rings. The lowest BCUT2D eigenvalue weighted by Crippen LogP contribution is -1.99. The van der Waals surface area contributed by atoms with E-state index in [2.05, 4.69) is 12.6 Å². The lowest BCUT2D eigenvalue weighted by Gasteiger charge is -2.07. The zero-order chi connectivity index (χ0) is 15.6. The van der Waals surface area contributed by atoms with Gasteiger partial charge in [0.1, 0.15) is 5.75 Å². The molecule has 0 aliphatic carbocycles. The van der Waals surface area contributed by atoms with Crippen molar-refractivity contribution < 1.29 is 13.2 Å². The van der Waals surface area contributed by atoms with Gasteiger partial charge in [0.05, 0.1) is 11.5 Å². The van der Waals surface area contributed by atoms with E-state index in [0.717, 1.165) is 17.9 Å². The molecule has 3 nitrogen and oxygen atoms in total. The van der Waals surface area contributed by atoms with Crippen LogP contribution in [0.5, 0.6) is 5.75 Å². The summed E-state index contributed by atoms with van der Waals surface area (Å²) in [6.07, 6.45) is 9.78. The number of hydrogen-bond donors (Lipinski definition) is 1. The van der Waals surface area contributed by atoms with E-state index in [9.17, 15) is 8.42 Å². The van der Waals surface area contributed by atoms with E-state index in [0.29, 0.717) is 11.5 Å². The Morgan fingerprint density at radius 2 is 1.43 bits per heavy atom. The van der Waals surface area contributed by atoms with Crippen LogP contribution in [0.2, 0.25) is 0 Å². The molecular formula is C16H26O3S2. The summed E-state index contributed by atoms with van der Waals surface area (Å²) in [4.78, 5) is 0.330. The quantitative estimate of drug-likeness (QED) is 0.490. The van der Waals surface area contributed by atoms with Crippen LogP contribution < -0.4 is 4.74 Å². The Hall–Kier alpha value is -0.680. The summed E-state index contributed by atoms with van der Waals surface area (Å²) in [5.74, 6) is 1.72. The lowest BCUT2D eigenvalue weighted by atomic mass is 10.1. The first-order valence-corrected chi connectivity index (χ1v) is 10.1. The standard InChI is InChI=1S/C16H26O3S2/c1-21(17,18)16-11-9-15(10-12-16)19-13-7-5-3-2-4-6-8-14-20/h9-12,20H,2-8,13-14H2,1H3. The molecular weight excluding hydrogens is 304 g/mol. The van der Waals surface area contributed by atoms with Gasteiger partial charge in [-0.3, -0.25) is 0 Å². The van der Waals surface area contributed by atoms with Crippen LogP contribution in [0.1, 0.15) is 44.9 Å². The second-order valence-corrected chi connectivity index (χ2v) is 7.75. The molecule has 0 aliphatic rings. The van der Waals surface area contributed by atoms with Gasteiger partial charge in [-0.25, -0.2) is 8.42 Å². The first kappa shape index (κ1) is 18.4. The molecule has 0 heterocycles. The third-order valence-corrected chi connectivity index (χ3v) is 4.77. The van der Waals surface area contributed by atoms with Gasteiger partial charge in [-0.15, -0.1) is 0 Å². The summed E-state index contributed by atoms with van der Waals surface area (Å²) in [6.45, 7) is 0.689. The smallest absolute Gasteiger partial charge is 0.175 e. The van der Waals surface area contributed by atoms with Crippen molar-refractivity contribution >= 4 is 22.5 Å². The highest BCUT2D eigenvalue weighted by atomic mass is 32.2. The maximum Gasteiger partial charge on any atom is 0.175 e. The van der Waals surface area contributed by atoms with Crippen LogP contribution in [-0.2, 0) is 9.84 Å². The third kappa shape index (κ3) is 8.37. The summed E-state index contributed by atoms with van der Waals surface area (Å²) >= 11 is 4.20. The molecule has 120 valence electrons. The van der Waals surface area contributed by atoms with E-state index in [1.807, 2.05) is 0 Å². The van der Waals surface area contributed by atoms with Crippen LogP contribution in [0.4, 0.5) is 0 Å². The van der Waals surface area contributed by atoms with E-state index in [4.69, 9.17) is 4.74 Å². The summed E-state index contributed by atoms with van der Waals surface area (Å²) in [7, 11) is -3.12. The van der Waals surface area contributed by atoms with Gasteiger partial charge in [0.15, 0.2) is 9.84 Å². The zero-order valence-electron chi connectivity index (χ0n) is 12.8. The topological polar surface area (TPSA) is 43.4 Å². The van der Waals surface area contributed by atoms with Gasteiger partial charge < -0.3 is 4.74 Å². The minimum atomic E-state index is -3.12. The van der Waals surface area contributed by atoms with Crippen molar-refractivity contribution in [3.63, 3.8) is 0 Å². The summed E-state index contributed by atoms with van der Waals surface area (Å²) in [5.41, 5.74) is 0. The molecule has 21 heavy (non-hydrogen) atoms. The maximum atomic E-state index is 11.3. The Labute approximate surface area is 134 Å². The van der Waals surface area contributed by atoms with Gasteiger partial charge in [-0.1, -0.05) is 32.1 Å². The number of ether oxygens (including phenoxy) is 1. The van der Waals surface area contributed by atoms with Crippen molar-refractivity contribution in [1.29, 1.82) is 0 Å².